The standard InChI is InChI=1S/C15H15NO6S2/c1-20-9-5-4-8(12(21-2)13(9)22-3)6-10-14(19)16(7-11(17)18)15(23)24-10/h4-6H,7H2,1-3H3,(H,17,18)/p-1/b10-6+. The molecule has 1 aromatic carbocycles. The van der Waals surface area contributed by atoms with E-state index < -0.39 is 18.4 Å². The summed E-state index contributed by atoms with van der Waals surface area (Å²) < 4.78 is 16.0. The molecule has 0 unspecified atom stereocenters. The topological polar surface area (TPSA) is 88.1 Å². The molecule has 0 atom stereocenters. The summed E-state index contributed by atoms with van der Waals surface area (Å²) in [4.78, 5) is 24.3. The third-order valence-electron chi connectivity index (χ3n) is 3.18. The Morgan fingerprint density at radius 2 is 1.92 bits per heavy atom. The quantitative estimate of drug-likeness (QED) is 0.535. The Labute approximate surface area is 148 Å². The van der Waals surface area contributed by atoms with Crippen LogP contribution in [0.4, 0.5) is 0 Å². The number of hydrogen-bond acceptors (Lipinski definition) is 8. The fraction of sp³-hybridized carbons (Fsp3) is 0.267. The van der Waals surface area contributed by atoms with Crippen LogP contribution in [0.15, 0.2) is 17.0 Å². The van der Waals surface area contributed by atoms with Gasteiger partial charge in [-0.15, -0.1) is 0 Å². The van der Waals surface area contributed by atoms with Crippen LogP contribution in [0.3, 0.4) is 0 Å². The van der Waals surface area contributed by atoms with Crippen LogP contribution in [0.1, 0.15) is 5.56 Å². The van der Waals surface area contributed by atoms with Crippen molar-refractivity contribution < 1.29 is 28.9 Å². The Hall–Kier alpha value is -2.26. The summed E-state index contributed by atoms with van der Waals surface area (Å²) in [6, 6.07) is 3.38. The zero-order chi connectivity index (χ0) is 17.9. The zero-order valence-electron chi connectivity index (χ0n) is 13.2. The number of hydrogen-bond donors (Lipinski definition) is 0. The molecule has 0 aliphatic carbocycles. The lowest BCUT2D eigenvalue weighted by atomic mass is 10.1. The molecule has 1 aliphatic heterocycles. The van der Waals surface area contributed by atoms with Crippen LogP contribution >= 0.6 is 24.0 Å². The van der Waals surface area contributed by atoms with E-state index in [0.29, 0.717) is 22.8 Å². The molecule has 7 nitrogen and oxygen atoms in total. The molecule has 1 saturated heterocycles. The molecule has 24 heavy (non-hydrogen) atoms. The van der Waals surface area contributed by atoms with Gasteiger partial charge in [-0.25, -0.2) is 0 Å². The van der Waals surface area contributed by atoms with Crippen LogP contribution in [-0.4, -0.2) is 49.0 Å². The average Bonchev–Trinajstić information content (AvgIpc) is 2.81. The number of thioether (sulfide) groups is 1. The second-order valence-electron chi connectivity index (χ2n) is 4.56. The van der Waals surface area contributed by atoms with Gasteiger partial charge in [-0.05, 0) is 18.2 Å². The number of carboxylic acids is 1. The summed E-state index contributed by atoms with van der Waals surface area (Å²) in [7, 11) is 4.45. The van der Waals surface area contributed by atoms with E-state index in [1.54, 1.807) is 18.2 Å². The summed E-state index contributed by atoms with van der Waals surface area (Å²) in [6.45, 7) is -0.578. The molecule has 1 aliphatic rings. The molecule has 1 fully saturated rings. The second kappa shape index (κ2) is 7.54. The van der Waals surface area contributed by atoms with Crippen LogP contribution in [0, 0.1) is 0 Å². The number of carboxylic acid groups (broad SMARTS) is 1. The van der Waals surface area contributed by atoms with Gasteiger partial charge in [0.05, 0.1) is 38.7 Å². The molecule has 1 heterocycles. The van der Waals surface area contributed by atoms with Crippen LogP contribution in [0.2, 0.25) is 0 Å². The molecule has 0 saturated carbocycles. The summed E-state index contributed by atoms with van der Waals surface area (Å²) >= 11 is 6.05. The Morgan fingerprint density at radius 3 is 2.46 bits per heavy atom. The van der Waals surface area contributed by atoms with Gasteiger partial charge in [0.2, 0.25) is 5.75 Å². The number of methoxy groups -OCH3 is 3. The Bertz CT molecular complexity index is 731. The molecule has 0 aromatic heterocycles. The zero-order valence-corrected chi connectivity index (χ0v) is 14.8. The van der Waals surface area contributed by atoms with Crippen molar-refractivity contribution in [1.29, 1.82) is 0 Å². The number of rotatable bonds is 6. The molecule has 2 rings (SSSR count). The number of ether oxygens (including phenoxy) is 3. The van der Waals surface area contributed by atoms with E-state index in [1.807, 2.05) is 0 Å². The van der Waals surface area contributed by atoms with E-state index in [-0.39, 0.29) is 9.23 Å². The van der Waals surface area contributed by atoms with E-state index in [2.05, 4.69) is 0 Å². The first kappa shape index (κ1) is 18.1. The van der Waals surface area contributed by atoms with Crippen molar-refractivity contribution in [2.75, 3.05) is 27.9 Å². The number of benzene rings is 1. The molecular formula is C15H14NO6S2-. The van der Waals surface area contributed by atoms with Gasteiger partial charge in [-0.3, -0.25) is 9.69 Å². The first-order chi connectivity index (χ1) is 11.4. The minimum absolute atomic E-state index is 0.162. The number of carbonyl (C=O) groups excluding carboxylic acids is 2. The number of nitrogens with zero attached hydrogens (tertiary/aromatic N) is 1. The second-order valence-corrected chi connectivity index (χ2v) is 6.24. The molecule has 0 spiro atoms. The Morgan fingerprint density at radius 1 is 1.25 bits per heavy atom. The van der Waals surface area contributed by atoms with Gasteiger partial charge in [0.25, 0.3) is 5.91 Å². The van der Waals surface area contributed by atoms with Gasteiger partial charge >= 0.3 is 0 Å². The fourth-order valence-corrected chi connectivity index (χ4v) is 3.39. The average molecular weight is 368 g/mol. The molecule has 1 amide bonds. The lowest BCUT2D eigenvalue weighted by Crippen LogP contribution is -2.40. The maximum absolute atomic E-state index is 12.3. The molecular weight excluding hydrogens is 354 g/mol. The van der Waals surface area contributed by atoms with E-state index in [0.717, 1.165) is 16.7 Å². The van der Waals surface area contributed by atoms with Crippen molar-refractivity contribution in [1.82, 2.24) is 4.90 Å². The first-order valence-electron chi connectivity index (χ1n) is 6.67. The van der Waals surface area contributed by atoms with E-state index in [9.17, 15) is 14.7 Å². The molecule has 0 bridgehead atoms. The van der Waals surface area contributed by atoms with Crippen molar-refractivity contribution in [3.63, 3.8) is 0 Å². The van der Waals surface area contributed by atoms with Crippen molar-refractivity contribution >= 4 is 46.3 Å². The van der Waals surface area contributed by atoms with Crippen molar-refractivity contribution in [3.05, 3.63) is 22.6 Å². The number of carbonyl (C=O) groups is 2. The van der Waals surface area contributed by atoms with Crippen LogP contribution in [0.25, 0.3) is 6.08 Å². The summed E-state index contributed by atoms with van der Waals surface area (Å²) in [5, 5.41) is 10.7. The third-order valence-corrected chi connectivity index (χ3v) is 4.56. The smallest absolute Gasteiger partial charge is 0.266 e. The predicted molar refractivity (Wildman–Crippen MR) is 91.0 cm³/mol. The van der Waals surface area contributed by atoms with Crippen LogP contribution in [0.5, 0.6) is 17.2 Å². The third kappa shape index (κ3) is 3.46. The Balaban J connectivity index is 2.43. The van der Waals surface area contributed by atoms with Gasteiger partial charge in [0.15, 0.2) is 11.5 Å². The van der Waals surface area contributed by atoms with Gasteiger partial charge in [0.1, 0.15) is 4.32 Å². The van der Waals surface area contributed by atoms with Gasteiger partial charge in [0, 0.05) is 5.56 Å². The number of aliphatic carboxylic acids is 1. The maximum Gasteiger partial charge on any atom is 0.266 e. The highest BCUT2D eigenvalue weighted by molar-refractivity contribution is 8.26. The van der Waals surface area contributed by atoms with Crippen LogP contribution in [-0.2, 0) is 9.59 Å². The maximum atomic E-state index is 12.3. The van der Waals surface area contributed by atoms with E-state index in [1.165, 1.54) is 21.3 Å². The molecule has 9 heteroatoms. The van der Waals surface area contributed by atoms with Crippen molar-refractivity contribution in [3.8, 4) is 17.2 Å². The minimum atomic E-state index is -1.38. The minimum Gasteiger partial charge on any atom is -0.548 e. The molecule has 128 valence electrons. The van der Waals surface area contributed by atoms with Crippen molar-refractivity contribution in [2.24, 2.45) is 0 Å². The van der Waals surface area contributed by atoms with Gasteiger partial charge in [-0.1, -0.05) is 24.0 Å². The van der Waals surface area contributed by atoms with Crippen LogP contribution < -0.4 is 19.3 Å². The Kier molecular flexibility index (Phi) is 5.68. The highest BCUT2D eigenvalue weighted by Gasteiger charge is 2.32. The van der Waals surface area contributed by atoms with E-state index >= 15 is 0 Å². The molecule has 1 aromatic rings. The summed E-state index contributed by atoms with van der Waals surface area (Å²) in [5.41, 5.74) is 0.573. The summed E-state index contributed by atoms with van der Waals surface area (Å²) in [5.74, 6) is -0.612. The van der Waals surface area contributed by atoms with Gasteiger partial charge in [-0.2, -0.15) is 0 Å². The SMILES string of the molecule is COc1ccc(/C=C2/SC(=S)N(CC(=O)[O-])C2=O)c(OC)c1OC. The van der Waals surface area contributed by atoms with Gasteiger partial charge < -0.3 is 24.1 Å². The fourth-order valence-electron chi connectivity index (χ4n) is 2.14. The monoisotopic (exact) mass is 368 g/mol. The summed E-state index contributed by atoms with van der Waals surface area (Å²) in [6.07, 6.45) is 1.56. The predicted octanol–water partition coefficient (Wildman–Crippen LogP) is 0.663. The van der Waals surface area contributed by atoms with Crippen molar-refractivity contribution in [2.45, 2.75) is 0 Å². The lowest BCUT2D eigenvalue weighted by molar-refractivity contribution is -0.305. The number of thiocarbonyl (C=S) groups is 1. The lowest BCUT2D eigenvalue weighted by Gasteiger charge is -2.15. The normalized spacial score (nSPS) is 15.8. The largest absolute Gasteiger partial charge is 0.548 e. The highest BCUT2D eigenvalue weighted by Crippen LogP contribution is 2.42. The highest BCUT2D eigenvalue weighted by atomic mass is 32.2. The van der Waals surface area contributed by atoms with E-state index in [4.69, 9.17) is 26.4 Å². The first-order valence-corrected chi connectivity index (χ1v) is 7.89. The number of amides is 1. The molecule has 0 N–H and O–H groups in total. The molecule has 0 radical (unpaired) electrons.